The number of carbonyl (C=O) groups excluding carboxylic acids is 3. The van der Waals surface area contributed by atoms with Gasteiger partial charge in [-0.05, 0) is 38.5 Å². The van der Waals surface area contributed by atoms with Gasteiger partial charge in [0.25, 0.3) is 0 Å². The first-order valence-electron chi connectivity index (χ1n) is 22.9. The summed E-state index contributed by atoms with van der Waals surface area (Å²) in [5, 5.41) is 26.7. The molecule has 24 nitrogen and oxygen atoms in total. The molecule has 1 fully saturated rings. The molecule has 2 amide bonds. The maximum atomic E-state index is 12.7. The van der Waals surface area contributed by atoms with Crippen LogP contribution in [0.2, 0.25) is 0 Å². The van der Waals surface area contributed by atoms with Crippen LogP contribution in [0.15, 0.2) is 37.0 Å². The van der Waals surface area contributed by atoms with E-state index in [1.807, 2.05) is 0 Å². The summed E-state index contributed by atoms with van der Waals surface area (Å²) in [6.07, 6.45) is 17.4. The minimum absolute atomic E-state index is 0.0327. The number of carbonyl (C=O) groups is 3. The fraction of sp³-hybridized carbons (Fsp3) is 0.707. The number of anilines is 1. The maximum Gasteiger partial charge on any atom is 0.481 e. The fourth-order valence-corrected chi connectivity index (χ4v) is 10.4. The lowest BCUT2D eigenvalue weighted by atomic mass is 9.87. The Morgan fingerprint density at radius 3 is 2.19 bits per heavy atom. The van der Waals surface area contributed by atoms with Crippen LogP contribution in [0.5, 0.6) is 0 Å². The molecule has 0 saturated carbocycles. The lowest BCUT2D eigenvalue weighted by Crippen LogP contribution is -2.46. The van der Waals surface area contributed by atoms with E-state index in [1.165, 1.54) is 58.8 Å². The van der Waals surface area contributed by atoms with Crippen LogP contribution in [0.3, 0.4) is 0 Å². The van der Waals surface area contributed by atoms with Gasteiger partial charge in [0, 0.05) is 37.1 Å². The summed E-state index contributed by atoms with van der Waals surface area (Å²) in [7, 11) is -16.4. The number of nitrogens with one attached hydrogen (secondary N) is 2. The molecule has 0 aliphatic carbocycles. The number of aliphatic hydroxyl groups excluding tert-OH is 2. The number of thioether (sulfide) groups is 1. The number of amides is 2. The van der Waals surface area contributed by atoms with Crippen LogP contribution in [-0.2, 0) is 50.7 Å². The predicted molar refractivity (Wildman–Crippen MR) is 256 cm³/mol. The Hall–Kier alpha value is -2.96. The van der Waals surface area contributed by atoms with Gasteiger partial charge >= 0.3 is 23.5 Å². The molecule has 0 bridgehead atoms. The van der Waals surface area contributed by atoms with Gasteiger partial charge in [-0.1, -0.05) is 102 Å². The number of ether oxygens (including phenoxy) is 1. The normalized spacial score (nSPS) is 20.1. The number of allylic oxidation sites excluding steroid dienone is 4. The molecule has 10 N–H and O–H groups in total. The topological polar surface area (TPSA) is 364 Å². The lowest BCUT2D eigenvalue weighted by Gasteiger charge is -2.30. The molecule has 0 aromatic carbocycles. The Bertz CT molecular complexity index is 2130. The third-order valence-electron chi connectivity index (χ3n) is 10.6. The first-order valence-corrected chi connectivity index (χ1v) is 28.4. The quantitative estimate of drug-likeness (QED) is 0.0241. The molecule has 0 radical (unpaired) electrons. The molecule has 1 aliphatic heterocycles. The van der Waals surface area contributed by atoms with Crippen LogP contribution < -0.4 is 16.4 Å². The van der Waals surface area contributed by atoms with Gasteiger partial charge in [-0.25, -0.2) is 28.6 Å². The van der Waals surface area contributed by atoms with Gasteiger partial charge in [-0.2, -0.15) is 4.31 Å². The van der Waals surface area contributed by atoms with Gasteiger partial charge in [0.1, 0.15) is 36.3 Å². The van der Waals surface area contributed by atoms with E-state index in [0.29, 0.717) is 12.2 Å². The summed E-state index contributed by atoms with van der Waals surface area (Å²) < 4.78 is 62.5. The second-order valence-electron chi connectivity index (χ2n) is 17.0. The number of imidazole rings is 1. The van der Waals surface area contributed by atoms with Gasteiger partial charge in [-0.3, -0.25) is 32.5 Å². The van der Waals surface area contributed by atoms with E-state index in [1.54, 1.807) is 0 Å². The van der Waals surface area contributed by atoms with E-state index < -0.39 is 84.6 Å². The number of nitrogens with zero attached hydrogens (tertiary/aromatic N) is 4. The second-order valence-corrected chi connectivity index (χ2v) is 22.4. The molecule has 392 valence electrons. The summed E-state index contributed by atoms with van der Waals surface area (Å²) >= 11 is 1.15. The summed E-state index contributed by atoms with van der Waals surface area (Å²) in [4.78, 5) is 88.4. The number of unbranched alkanes of at least 4 members (excludes halogenated alkanes) is 10. The van der Waals surface area contributed by atoms with Crippen LogP contribution >= 0.6 is 35.2 Å². The molecule has 7 unspecified atom stereocenters. The Labute approximate surface area is 406 Å². The van der Waals surface area contributed by atoms with Crippen molar-refractivity contribution in [3.63, 3.8) is 0 Å². The van der Waals surface area contributed by atoms with Crippen LogP contribution in [-0.4, -0.2) is 123 Å². The number of phosphoric ester groups is 3. The number of rotatable bonds is 35. The number of aromatic nitrogens is 4. The zero-order valence-electron chi connectivity index (χ0n) is 39.3. The van der Waals surface area contributed by atoms with Crippen LogP contribution in [0.25, 0.3) is 11.2 Å². The van der Waals surface area contributed by atoms with E-state index in [0.717, 1.165) is 67.5 Å². The molecule has 2 aromatic heterocycles. The van der Waals surface area contributed by atoms with E-state index >= 15 is 0 Å². The van der Waals surface area contributed by atoms with Crippen molar-refractivity contribution >= 4 is 69.1 Å². The highest BCUT2D eigenvalue weighted by atomic mass is 32.2. The highest BCUT2D eigenvalue weighted by molar-refractivity contribution is 8.13. The van der Waals surface area contributed by atoms with Gasteiger partial charge in [0.15, 0.2) is 22.8 Å². The summed E-state index contributed by atoms with van der Waals surface area (Å²) in [6.45, 7) is 2.78. The zero-order valence-corrected chi connectivity index (χ0v) is 42.8. The van der Waals surface area contributed by atoms with Crippen molar-refractivity contribution in [2.45, 2.75) is 148 Å². The Balaban J connectivity index is 1.28. The van der Waals surface area contributed by atoms with Crippen molar-refractivity contribution in [2.75, 3.05) is 37.8 Å². The Morgan fingerprint density at radius 2 is 1.52 bits per heavy atom. The van der Waals surface area contributed by atoms with Crippen molar-refractivity contribution in [1.29, 1.82) is 0 Å². The number of hydrogen-bond donors (Lipinski definition) is 9. The molecular weight excluding hydrogens is 987 g/mol. The van der Waals surface area contributed by atoms with Crippen LogP contribution in [0, 0.1) is 5.41 Å². The first-order chi connectivity index (χ1) is 32.6. The van der Waals surface area contributed by atoms with E-state index in [2.05, 4.69) is 65.6 Å². The summed E-state index contributed by atoms with van der Waals surface area (Å²) in [5.74, 6) is -1.04. The molecule has 3 heterocycles. The summed E-state index contributed by atoms with van der Waals surface area (Å²) in [6, 6.07) is 0. The molecule has 1 saturated heterocycles. The molecule has 69 heavy (non-hydrogen) atoms. The molecule has 2 aromatic rings. The van der Waals surface area contributed by atoms with E-state index in [-0.39, 0.29) is 41.6 Å². The van der Waals surface area contributed by atoms with Crippen molar-refractivity contribution in [1.82, 2.24) is 30.2 Å². The average Bonchev–Trinajstić information content (AvgIpc) is 3.84. The van der Waals surface area contributed by atoms with Crippen molar-refractivity contribution < 1.29 is 80.5 Å². The number of nitrogens with two attached hydrogens (primary N) is 1. The SMILES string of the molecule is CCCCC/C=C/C/C=C/CCCCCCCCCC(=O)SCCNC(=O)CCNC(=O)C(O)C(C)(C)COP(=O)(O)OP(=O)(O)OCC1OC(n2cnc3c(N)ncnc32)C(O)C1OP(=O)(O)O. The minimum Gasteiger partial charge on any atom is -0.386 e. The molecule has 3 rings (SSSR count). The number of fused-ring (bicyclic) bond motifs is 1. The van der Waals surface area contributed by atoms with Gasteiger partial charge in [0.2, 0.25) is 11.8 Å². The van der Waals surface area contributed by atoms with E-state index in [4.69, 9.17) is 19.5 Å². The largest absolute Gasteiger partial charge is 0.481 e. The van der Waals surface area contributed by atoms with Gasteiger partial charge in [-0.15, -0.1) is 0 Å². The third kappa shape index (κ3) is 23.0. The highest BCUT2D eigenvalue weighted by Crippen LogP contribution is 2.61. The van der Waals surface area contributed by atoms with Crippen LogP contribution in [0.4, 0.5) is 5.82 Å². The number of hydrogen-bond acceptors (Lipinski definition) is 18. The van der Waals surface area contributed by atoms with E-state index in [9.17, 15) is 57.9 Å². The molecular formula is C41H70N7O17P3S. The molecule has 7 atom stereocenters. The number of nitrogen functional groups attached to an aromatic ring is 1. The standard InChI is InChI=1S/C41H70N7O17P3S/c1-4-5-6-7-8-9-10-11-12-13-14-15-16-17-18-19-20-21-32(50)69-25-24-43-31(49)22-23-44-39(53)36(52)41(2,3)27-62-68(59,60)65-67(57,58)61-26-30-35(64-66(54,55)56)34(51)40(63-30)48-29-47-33-37(42)45-28-46-38(33)48/h8-9,11-12,28-30,34-36,40,51-52H,4-7,10,13-27H2,1-3H3,(H,43,49)(H,44,53)(H,57,58)(H,59,60)(H2,42,45,46)(H2,54,55,56)/b9-8+,12-11+. The lowest BCUT2D eigenvalue weighted by molar-refractivity contribution is -0.137. The van der Waals surface area contributed by atoms with Crippen molar-refractivity contribution in [2.24, 2.45) is 5.41 Å². The average molecular weight is 1060 g/mol. The highest BCUT2D eigenvalue weighted by Gasteiger charge is 2.50. The summed E-state index contributed by atoms with van der Waals surface area (Å²) in [5.41, 5.74) is 4.29. The third-order valence-corrected chi connectivity index (χ3v) is 14.6. The van der Waals surface area contributed by atoms with Gasteiger partial charge in [0.05, 0.1) is 19.5 Å². The zero-order chi connectivity index (χ0) is 51.1. The first kappa shape index (κ1) is 60.3. The monoisotopic (exact) mass is 1060 g/mol. The fourth-order valence-electron chi connectivity index (χ4n) is 6.80. The van der Waals surface area contributed by atoms with Crippen LogP contribution in [0.1, 0.15) is 123 Å². The van der Waals surface area contributed by atoms with Crippen molar-refractivity contribution in [3.05, 3.63) is 37.0 Å². The minimum atomic E-state index is -5.58. The molecule has 1 aliphatic rings. The smallest absolute Gasteiger partial charge is 0.386 e. The van der Waals surface area contributed by atoms with Gasteiger partial charge < -0.3 is 50.9 Å². The second kappa shape index (κ2) is 30.2. The molecule has 0 spiro atoms. The number of phosphoric acid groups is 3. The Morgan fingerprint density at radius 1 is 0.884 bits per heavy atom. The molecule has 28 heteroatoms. The van der Waals surface area contributed by atoms with Crippen molar-refractivity contribution in [3.8, 4) is 0 Å². The predicted octanol–water partition coefficient (Wildman–Crippen LogP) is 5.26. The Kier molecular flexibility index (Phi) is 26.4. The number of aliphatic hydroxyl groups is 2. The maximum absolute atomic E-state index is 12.7.